The van der Waals surface area contributed by atoms with Gasteiger partial charge in [-0.05, 0) is 53.8 Å². The van der Waals surface area contributed by atoms with Crippen molar-refractivity contribution in [2.45, 2.75) is 37.5 Å². The summed E-state index contributed by atoms with van der Waals surface area (Å²) in [5.41, 5.74) is 8.77. The quantitative estimate of drug-likeness (QED) is 0.0503. The average molecular weight is 778 g/mol. The molecule has 0 fully saturated rings. The number of benzene rings is 4. The molecular formula is C39H42F3N7O7. The molecule has 0 aliphatic carbocycles. The number of carbonyl (C=O) groups excluding carboxylic acids is 4. The zero-order valence-electron chi connectivity index (χ0n) is 30.0. The Hall–Kier alpha value is -6.91. The molecule has 0 saturated carbocycles. The Labute approximate surface area is 320 Å². The molecule has 0 aliphatic rings. The smallest absolute Gasteiger partial charge is 0.490 e. The molecule has 0 bridgehead atoms. The standard InChI is InChI=1S/C37H41N7O5.C2HF3O2/c38-36(44-37(49)41-24-23-39-33(46)29-15-8-3-9-16-29)40-22-10-17-31(34(47)42-25-26-18-20-30(45)21-19-26)43-35(48)32(27-11-4-1-5-12-27)28-13-6-2-7-14-28;3-2(4,5)1(6)7/h1-9,11-16,18-21,31-32,45H,10,17,22-25H2,(H,39,46)(H,42,47)(H,43,48)(H4,38,40,41,44,49);(H,6,7)/t31-;/m1./s1. The van der Waals surface area contributed by atoms with E-state index >= 15 is 0 Å². The van der Waals surface area contributed by atoms with Gasteiger partial charge < -0.3 is 37.2 Å². The lowest BCUT2D eigenvalue weighted by Crippen LogP contribution is -2.48. The van der Waals surface area contributed by atoms with Gasteiger partial charge in [0, 0.05) is 31.7 Å². The van der Waals surface area contributed by atoms with Gasteiger partial charge in [-0.15, -0.1) is 0 Å². The van der Waals surface area contributed by atoms with E-state index in [2.05, 4.69) is 31.6 Å². The Kier molecular flexibility index (Phi) is 17.4. The number of nitrogens with zero attached hydrogens (tertiary/aromatic N) is 1. The minimum atomic E-state index is -5.08. The number of hydrogen-bond donors (Lipinski definition) is 8. The number of aromatic hydroxyl groups is 1. The molecule has 0 spiro atoms. The SMILES string of the molecule is NC(=NCCC[C@@H](NC(=O)C(c1ccccc1)c1ccccc1)C(=O)NCc1ccc(O)cc1)NC(=O)NCCNC(=O)c1ccccc1.O=C(O)C(F)(F)F. The number of carboxylic acid groups (broad SMARTS) is 1. The highest BCUT2D eigenvalue weighted by molar-refractivity contribution is 5.96. The van der Waals surface area contributed by atoms with Gasteiger partial charge in [0.05, 0.1) is 5.92 Å². The predicted octanol–water partition coefficient (Wildman–Crippen LogP) is 3.78. The van der Waals surface area contributed by atoms with E-state index in [-0.39, 0.29) is 62.0 Å². The fraction of sp³-hybridized carbons (Fsp3) is 0.231. The van der Waals surface area contributed by atoms with Crippen LogP contribution in [-0.4, -0.2) is 77.7 Å². The molecule has 14 nitrogen and oxygen atoms in total. The lowest BCUT2D eigenvalue weighted by molar-refractivity contribution is -0.192. The van der Waals surface area contributed by atoms with Crippen LogP contribution in [0.4, 0.5) is 18.0 Å². The Morgan fingerprint density at radius 1 is 0.714 bits per heavy atom. The van der Waals surface area contributed by atoms with Gasteiger partial charge >= 0.3 is 18.2 Å². The molecule has 0 saturated heterocycles. The maximum Gasteiger partial charge on any atom is 0.490 e. The number of aliphatic imine (C=N–C) groups is 1. The minimum Gasteiger partial charge on any atom is -0.508 e. The summed E-state index contributed by atoms with van der Waals surface area (Å²) >= 11 is 0. The van der Waals surface area contributed by atoms with Crippen LogP contribution in [-0.2, 0) is 20.9 Å². The molecule has 4 rings (SSSR count). The zero-order valence-corrected chi connectivity index (χ0v) is 30.0. The number of nitrogens with two attached hydrogens (primary N) is 1. The van der Waals surface area contributed by atoms with Crippen molar-refractivity contribution in [2.75, 3.05) is 19.6 Å². The number of amides is 5. The first-order chi connectivity index (χ1) is 26.7. The molecule has 5 amide bonds. The second-order valence-corrected chi connectivity index (χ2v) is 11.9. The molecule has 4 aromatic rings. The van der Waals surface area contributed by atoms with Crippen LogP contribution in [0.5, 0.6) is 5.75 Å². The number of phenolic OH excluding ortho intramolecular Hbond substituents is 1. The Morgan fingerprint density at radius 3 is 1.77 bits per heavy atom. The maximum atomic E-state index is 13.8. The van der Waals surface area contributed by atoms with E-state index in [0.29, 0.717) is 12.0 Å². The summed E-state index contributed by atoms with van der Waals surface area (Å²) in [4.78, 5) is 64.6. The van der Waals surface area contributed by atoms with E-state index in [4.69, 9.17) is 15.6 Å². The molecule has 56 heavy (non-hydrogen) atoms. The number of phenols is 1. The third kappa shape index (κ3) is 15.6. The highest BCUT2D eigenvalue weighted by Gasteiger charge is 2.38. The summed E-state index contributed by atoms with van der Waals surface area (Å²) in [6.07, 6.45) is -4.47. The topological polar surface area (TPSA) is 224 Å². The van der Waals surface area contributed by atoms with Gasteiger partial charge in [0.2, 0.25) is 11.8 Å². The van der Waals surface area contributed by atoms with E-state index in [1.165, 1.54) is 12.1 Å². The number of guanidine groups is 1. The first kappa shape index (κ1) is 43.5. The number of nitrogens with one attached hydrogen (secondary N) is 5. The maximum absolute atomic E-state index is 13.8. The Morgan fingerprint density at radius 2 is 1.23 bits per heavy atom. The predicted molar refractivity (Wildman–Crippen MR) is 201 cm³/mol. The van der Waals surface area contributed by atoms with Gasteiger partial charge in [-0.2, -0.15) is 13.2 Å². The molecule has 4 aromatic carbocycles. The first-order valence-electron chi connectivity index (χ1n) is 17.2. The van der Waals surface area contributed by atoms with Crippen molar-refractivity contribution >= 4 is 35.7 Å². The lowest BCUT2D eigenvalue weighted by atomic mass is 9.90. The number of halogens is 3. The Bertz CT molecular complexity index is 1860. The van der Waals surface area contributed by atoms with Crippen LogP contribution >= 0.6 is 0 Å². The van der Waals surface area contributed by atoms with E-state index in [0.717, 1.165) is 16.7 Å². The molecule has 0 aromatic heterocycles. The number of urea groups is 1. The molecule has 0 radical (unpaired) electrons. The van der Waals surface area contributed by atoms with Crippen LogP contribution in [0.3, 0.4) is 0 Å². The molecule has 9 N–H and O–H groups in total. The molecule has 0 aliphatic heterocycles. The van der Waals surface area contributed by atoms with E-state index in [9.17, 15) is 37.5 Å². The van der Waals surface area contributed by atoms with Crippen molar-refractivity contribution in [3.63, 3.8) is 0 Å². The van der Waals surface area contributed by atoms with E-state index < -0.39 is 30.1 Å². The monoisotopic (exact) mass is 777 g/mol. The number of alkyl halides is 3. The molecule has 17 heteroatoms. The molecule has 0 heterocycles. The van der Waals surface area contributed by atoms with E-state index in [1.54, 1.807) is 36.4 Å². The normalized spacial score (nSPS) is 11.6. The van der Waals surface area contributed by atoms with Crippen molar-refractivity contribution in [2.24, 2.45) is 10.7 Å². The van der Waals surface area contributed by atoms with Crippen LogP contribution in [0.15, 0.2) is 120 Å². The summed E-state index contributed by atoms with van der Waals surface area (Å²) in [6, 6.07) is 32.4. The Balaban J connectivity index is 0.00000109. The van der Waals surface area contributed by atoms with Crippen molar-refractivity contribution in [3.8, 4) is 5.75 Å². The van der Waals surface area contributed by atoms with Crippen LogP contribution in [0.1, 0.15) is 45.8 Å². The molecular weight excluding hydrogens is 735 g/mol. The first-order valence-corrected chi connectivity index (χ1v) is 17.2. The highest BCUT2D eigenvalue weighted by atomic mass is 19.4. The van der Waals surface area contributed by atoms with Gasteiger partial charge in [0.25, 0.3) is 5.91 Å². The summed E-state index contributed by atoms with van der Waals surface area (Å²) < 4.78 is 31.7. The molecule has 0 unspecified atom stereocenters. The van der Waals surface area contributed by atoms with Gasteiger partial charge in [-0.25, -0.2) is 9.59 Å². The second-order valence-electron chi connectivity index (χ2n) is 11.9. The van der Waals surface area contributed by atoms with E-state index in [1.807, 2.05) is 66.7 Å². The van der Waals surface area contributed by atoms with Crippen LogP contribution < -0.4 is 32.3 Å². The van der Waals surface area contributed by atoms with Gasteiger partial charge in [-0.3, -0.25) is 24.7 Å². The van der Waals surface area contributed by atoms with Crippen molar-refractivity contribution in [1.29, 1.82) is 0 Å². The highest BCUT2D eigenvalue weighted by Crippen LogP contribution is 2.25. The number of aliphatic carboxylic acids is 1. The number of rotatable bonds is 15. The summed E-state index contributed by atoms with van der Waals surface area (Å²) in [6.45, 7) is 0.769. The van der Waals surface area contributed by atoms with Crippen LogP contribution in [0.25, 0.3) is 0 Å². The second kappa shape index (κ2) is 22.3. The van der Waals surface area contributed by atoms with Crippen LogP contribution in [0.2, 0.25) is 0 Å². The molecule has 296 valence electrons. The van der Waals surface area contributed by atoms with Crippen molar-refractivity contribution in [1.82, 2.24) is 26.6 Å². The van der Waals surface area contributed by atoms with Gasteiger partial charge in [-0.1, -0.05) is 91.0 Å². The van der Waals surface area contributed by atoms with Gasteiger partial charge in [0.1, 0.15) is 11.8 Å². The third-order valence-corrected chi connectivity index (χ3v) is 7.71. The largest absolute Gasteiger partial charge is 0.508 e. The number of carboxylic acids is 1. The lowest BCUT2D eigenvalue weighted by Gasteiger charge is -2.23. The van der Waals surface area contributed by atoms with Crippen molar-refractivity contribution in [3.05, 3.63) is 138 Å². The number of hydrogen-bond acceptors (Lipinski definition) is 7. The molecule has 1 atom stereocenters. The summed E-state index contributed by atoms with van der Waals surface area (Å²) in [7, 11) is 0. The fourth-order valence-corrected chi connectivity index (χ4v) is 4.97. The van der Waals surface area contributed by atoms with Gasteiger partial charge in [0.15, 0.2) is 5.96 Å². The summed E-state index contributed by atoms with van der Waals surface area (Å²) in [5.74, 6) is -4.35. The zero-order chi connectivity index (χ0) is 40.9. The third-order valence-electron chi connectivity index (χ3n) is 7.71. The minimum absolute atomic E-state index is 0.114. The van der Waals surface area contributed by atoms with Crippen molar-refractivity contribution < 1.29 is 47.4 Å². The average Bonchev–Trinajstić information content (AvgIpc) is 3.18. The summed E-state index contributed by atoms with van der Waals surface area (Å²) in [5, 5.41) is 30.3. The number of carbonyl (C=O) groups is 5. The van der Waals surface area contributed by atoms with Crippen LogP contribution in [0, 0.1) is 0 Å². The fourth-order valence-electron chi connectivity index (χ4n) is 4.97.